The van der Waals surface area contributed by atoms with Gasteiger partial charge in [0.1, 0.15) is 9.20 Å². The van der Waals surface area contributed by atoms with Crippen molar-refractivity contribution in [1.82, 2.24) is 4.72 Å². The first-order valence-corrected chi connectivity index (χ1v) is 7.97. The molecule has 1 aromatic rings. The number of nitrogens with one attached hydrogen (secondary N) is 1. The fourth-order valence-corrected chi connectivity index (χ4v) is 3.63. The molecule has 17 heavy (non-hydrogen) atoms. The smallest absolute Gasteiger partial charge is 0.250 e. The van der Waals surface area contributed by atoms with Crippen molar-refractivity contribution in [3.05, 3.63) is 17.0 Å². The maximum atomic E-state index is 11.9. The van der Waals surface area contributed by atoms with Gasteiger partial charge in [0.15, 0.2) is 0 Å². The SMILES string of the molecule is CCC(C)CNS(=O)(=O)c1ccc(C(N)=S)s1. The second-order valence-corrected chi connectivity index (χ2v) is 7.37. The van der Waals surface area contributed by atoms with E-state index in [0.717, 1.165) is 17.8 Å². The van der Waals surface area contributed by atoms with E-state index in [1.54, 1.807) is 6.07 Å². The Balaban J connectivity index is 2.79. The molecule has 0 aliphatic rings. The van der Waals surface area contributed by atoms with Gasteiger partial charge in [0.2, 0.25) is 10.0 Å². The molecule has 1 atom stereocenters. The third kappa shape index (κ3) is 4.02. The summed E-state index contributed by atoms with van der Waals surface area (Å²) in [5.41, 5.74) is 5.44. The molecule has 0 saturated carbocycles. The predicted molar refractivity (Wildman–Crippen MR) is 74.8 cm³/mol. The van der Waals surface area contributed by atoms with Crippen molar-refractivity contribution in [3.63, 3.8) is 0 Å². The second kappa shape index (κ2) is 5.90. The Morgan fingerprint density at radius 3 is 2.71 bits per heavy atom. The summed E-state index contributed by atoms with van der Waals surface area (Å²) in [7, 11) is -3.42. The van der Waals surface area contributed by atoms with Crippen molar-refractivity contribution in [2.24, 2.45) is 11.7 Å². The minimum Gasteiger partial charge on any atom is -0.389 e. The number of hydrogen-bond donors (Lipinski definition) is 2. The molecule has 0 aliphatic carbocycles. The van der Waals surface area contributed by atoms with Crippen LogP contribution in [-0.4, -0.2) is 20.0 Å². The Labute approximate surface area is 111 Å². The van der Waals surface area contributed by atoms with Gasteiger partial charge < -0.3 is 5.73 Å². The molecule has 1 unspecified atom stereocenters. The zero-order chi connectivity index (χ0) is 13.1. The Morgan fingerprint density at radius 1 is 1.59 bits per heavy atom. The van der Waals surface area contributed by atoms with Gasteiger partial charge in [0.25, 0.3) is 0 Å². The first-order chi connectivity index (χ1) is 7.86. The summed E-state index contributed by atoms with van der Waals surface area (Å²) < 4.78 is 26.6. The van der Waals surface area contributed by atoms with Crippen LogP contribution in [-0.2, 0) is 10.0 Å². The highest BCUT2D eigenvalue weighted by atomic mass is 32.2. The van der Waals surface area contributed by atoms with Crippen LogP contribution in [0.4, 0.5) is 0 Å². The molecule has 0 spiro atoms. The lowest BCUT2D eigenvalue weighted by Crippen LogP contribution is -2.27. The van der Waals surface area contributed by atoms with Crippen LogP contribution in [0.2, 0.25) is 0 Å². The molecule has 0 amide bonds. The van der Waals surface area contributed by atoms with Crippen LogP contribution in [0, 0.1) is 5.92 Å². The van der Waals surface area contributed by atoms with Crippen LogP contribution in [0.1, 0.15) is 25.1 Å². The van der Waals surface area contributed by atoms with Crippen LogP contribution < -0.4 is 10.5 Å². The highest BCUT2D eigenvalue weighted by Crippen LogP contribution is 2.21. The predicted octanol–water partition coefficient (Wildman–Crippen LogP) is 1.71. The molecule has 0 radical (unpaired) electrons. The zero-order valence-electron chi connectivity index (χ0n) is 9.76. The summed E-state index contributed by atoms with van der Waals surface area (Å²) in [4.78, 5) is 0.835. The Bertz CT molecular complexity index is 493. The van der Waals surface area contributed by atoms with Crippen molar-refractivity contribution in [1.29, 1.82) is 0 Å². The largest absolute Gasteiger partial charge is 0.389 e. The van der Waals surface area contributed by atoms with Gasteiger partial charge in [-0.3, -0.25) is 0 Å². The van der Waals surface area contributed by atoms with E-state index in [2.05, 4.69) is 4.72 Å². The van der Waals surface area contributed by atoms with Gasteiger partial charge in [0.05, 0.1) is 4.88 Å². The number of sulfonamides is 1. The van der Waals surface area contributed by atoms with Crippen LogP contribution in [0.15, 0.2) is 16.3 Å². The summed E-state index contributed by atoms with van der Waals surface area (Å²) >= 11 is 5.89. The van der Waals surface area contributed by atoms with Gasteiger partial charge >= 0.3 is 0 Å². The molecule has 3 N–H and O–H groups in total. The summed E-state index contributed by atoms with van der Waals surface area (Å²) in [5, 5.41) is 0. The molecular weight excluding hydrogens is 276 g/mol. The molecule has 1 rings (SSSR count). The fraction of sp³-hybridized carbons (Fsp3) is 0.500. The molecule has 96 valence electrons. The third-order valence-corrected chi connectivity index (χ3v) is 5.79. The van der Waals surface area contributed by atoms with E-state index >= 15 is 0 Å². The fourth-order valence-electron chi connectivity index (χ4n) is 1.06. The van der Waals surface area contributed by atoms with Crippen LogP contribution in [0.25, 0.3) is 0 Å². The van der Waals surface area contributed by atoms with Gasteiger partial charge in [-0.05, 0) is 18.1 Å². The van der Waals surface area contributed by atoms with Gasteiger partial charge in [-0.25, -0.2) is 13.1 Å². The number of thiophene rings is 1. The first kappa shape index (κ1) is 14.6. The summed E-state index contributed by atoms with van der Waals surface area (Å²) in [6, 6.07) is 3.16. The van der Waals surface area contributed by atoms with E-state index in [0.29, 0.717) is 17.3 Å². The zero-order valence-corrected chi connectivity index (χ0v) is 12.2. The quantitative estimate of drug-likeness (QED) is 0.783. The number of nitrogens with two attached hydrogens (primary N) is 1. The molecule has 0 bridgehead atoms. The minimum absolute atomic E-state index is 0.221. The van der Waals surface area contributed by atoms with E-state index in [1.165, 1.54) is 6.07 Å². The molecule has 7 heteroatoms. The average molecular weight is 292 g/mol. The lowest BCUT2D eigenvalue weighted by molar-refractivity contribution is 0.529. The van der Waals surface area contributed by atoms with Crippen LogP contribution >= 0.6 is 23.6 Å². The monoisotopic (exact) mass is 292 g/mol. The normalized spacial score (nSPS) is 13.5. The second-order valence-electron chi connectivity index (χ2n) is 3.85. The van der Waals surface area contributed by atoms with E-state index < -0.39 is 10.0 Å². The summed E-state index contributed by atoms with van der Waals surface area (Å²) in [6.45, 7) is 4.46. The minimum atomic E-state index is -3.42. The van der Waals surface area contributed by atoms with E-state index in [1.807, 2.05) is 13.8 Å². The van der Waals surface area contributed by atoms with Crippen LogP contribution in [0.5, 0.6) is 0 Å². The molecule has 1 aromatic heterocycles. The van der Waals surface area contributed by atoms with Gasteiger partial charge in [-0.2, -0.15) is 0 Å². The number of hydrogen-bond acceptors (Lipinski definition) is 4. The lowest BCUT2D eigenvalue weighted by atomic mass is 10.1. The highest BCUT2D eigenvalue weighted by molar-refractivity contribution is 7.91. The van der Waals surface area contributed by atoms with Crippen molar-refractivity contribution in [3.8, 4) is 0 Å². The molecule has 0 saturated heterocycles. The van der Waals surface area contributed by atoms with Gasteiger partial charge in [-0.15, -0.1) is 11.3 Å². The Hall–Kier alpha value is -0.500. The Morgan fingerprint density at radius 2 is 2.24 bits per heavy atom. The standard InChI is InChI=1S/C10H16N2O2S3/c1-3-7(2)6-12-17(13,14)9-5-4-8(16-9)10(11)15/h4-5,7,12H,3,6H2,1-2H3,(H2,11,15). The molecule has 0 aliphatic heterocycles. The van der Waals surface area contributed by atoms with Crippen LogP contribution in [0.3, 0.4) is 0 Å². The van der Waals surface area contributed by atoms with Crippen molar-refractivity contribution in [2.45, 2.75) is 24.5 Å². The molecule has 4 nitrogen and oxygen atoms in total. The Kier molecular flexibility index (Phi) is 5.05. The third-order valence-electron chi connectivity index (χ3n) is 2.41. The van der Waals surface area contributed by atoms with Crippen molar-refractivity contribution < 1.29 is 8.42 Å². The molecular formula is C10H16N2O2S3. The van der Waals surface area contributed by atoms with E-state index in [4.69, 9.17) is 18.0 Å². The number of thiocarbonyl (C=S) groups is 1. The van der Waals surface area contributed by atoms with E-state index in [-0.39, 0.29) is 9.20 Å². The molecule has 1 heterocycles. The number of rotatable bonds is 6. The average Bonchev–Trinajstić information content (AvgIpc) is 2.76. The lowest BCUT2D eigenvalue weighted by Gasteiger charge is -2.09. The van der Waals surface area contributed by atoms with Crippen molar-refractivity contribution >= 4 is 38.6 Å². The first-order valence-electron chi connectivity index (χ1n) is 5.26. The molecule has 0 aromatic carbocycles. The maximum Gasteiger partial charge on any atom is 0.250 e. The van der Waals surface area contributed by atoms with Gasteiger partial charge in [0, 0.05) is 6.54 Å². The van der Waals surface area contributed by atoms with Crippen molar-refractivity contribution in [2.75, 3.05) is 6.54 Å². The summed E-state index contributed by atoms with van der Waals surface area (Å²) in [5.74, 6) is 0.319. The van der Waals surface area contributed by atoms with Gasteiger partial charge in [-0.1, -0.05) is 32.5 Å². The summed E-state index contributed by atoms with van der Waals surface area (Å²) in [6.07, 6.45) is 0.936. The van der Waals surface area contributed by atoms with E-state index in [9.17, 15) is 8.42 Å². The molecule has 0 fully saturated rings. The maximum absolute atomic E-state index is 11.9. The topological polar surface area (TPSA) is 72.2 Å². The highest BCUT2D eigenvalue weighted by Gasteiger charge is 2.17.